The Morgan fingerprint density at radius 3 is 2.33 bits per heavy atom. The Balaban J connectivity index is 0.000000336. The topological polar surface area (TPSA) is 86.2 Å². The number of aromatic nitrogens is 2. The molecule has 1 rings (SSSR count). The third kappa shape index (κ3) is 9.39. The zero-order chi connectivity index (χ0) is 11.9. The second-order valence-corrected chi connectivity index (χ2v) is 3.77. The van der Waals surface area contributed by atoms with Crippen LogP contribution >= 0.6 is 0 Å². The van der Waals surface area contributed by atoms with Crippen LogP contribution in [-0.2, 0) is 23.5 Å². The van der Waals surface area contributed by atoms with Gasteiger partial charge < -0.3 is 4.55 Å². The van der Waals surface area contributed by atoms with Gasteiger partial charge >= 0.3 is 0 Å². The van der Waals surface area contributed by atoms with Crippen LogP contribution in [0.15, 0.2) is 18.7 Å². The molecule has 0 saturated carbocycles. The summed E-state index contributed by atoms with van der Waals surface area (Å²) in [5.74, 6) is 0. The van der Waals surface area contributed by atoms with Crippen LogP contribution in [0.4, 0.5) is 0 Å². The molecule has 0 amide bonds. The number of imidazole rings is 1. The molecule has 0 unspecified atom stereocenters. The lowest BCUT2D eigenvalue weighted by atomic mass is 10.5. The molecule has 1 heterocycles. The fourth-order valence-corrected chi connectivity index (χ4v) is 1.02. The van der Waals surface area contributed by atoms with Gasteiger partial charge in [0, 0.05) is 0 Å². The lowest BCUT2D eigenvalue weighted by Gasteiger charge is -1.88. The van der Waals surface area contributed by atoms with Gasteiger partial charge in [-0.1, -0.05) is 6.92 Å². The van der Waals surface area contributed by atoms with Crippen LogP contribution in [0.25, 0.3) is 0 Å². The van der Waals surface area contributed by atoms with E-state index in [-0.39, 0.29) is 0 Å². The fraction of sp³-hybridized carbons (Fsp3) is 0.625. The van der Waals surface area contributed by atoms with E-state index < -0.39 is 10.4 Å². The first-order valence-electron chi connectivity index (χ1n) is 4.60. The fourth-order valence-electron chi connectivity index (χ4n) is 1.02. The summed E-state index contributed by atoms with van der Waals surface area (Å²) in [6.07, 6.45) is 7.57. The quantitative estimate of drug-likeness (QED) is 0.462. The monoisotopic (exact) mass is 236 g/mol. The Bertz CT molecular complexity index is 364. The standard InChI is InChI=1S/C8H15N2.H2O4S/c1-3-5-10-7-6-9(4-2)8-10;1-5(2,3)4/h6-8H,3-5H2,1-2H3;(H2,1,2,3,4)/q+1;/p-1. The maximum atomic E-state index is 8.63. The molecule has 0 fully saturated rings. The molecule has 0 aliphatic carbocycles. The van der Waals surface area contributed by atoms with E-state index in [0.717, 1.165) is 13.1 Å². The first kappa shape index (κ1) is 14.1. The minimum atomic E-state index is -4.92. The summed E-state index contributed by atoms with van der Waals surface area (Å²) in [6.45, 7) is 6.54. The Labute approximate surface area is 89.7 Å². The normalized spacial score (nSPS) is 10.7. The molecular weight excluding hydrogens is 220 g/mol. The zero-order valence-electron chi connectivity index (χ0n) is 8.83. The van der Waals surface area contributed by atoms with Gasteiger partial charge in [-0.2, -0.15) is 0 Å². The molecular formula is C8H16N2O4S. The van der Waals surface area contributed by atoms with Gasteiger partial charge in [0.05, 0.1) is 13.1 Å². The van der Waals surface area contributed by atoms with E-state index in [2.05, 4.69) is 41.7 Å². The van der Waals surface area contributed by atoms with Crippen molar-refractivity contribution in [2.45, 2.75) is 33.4 Å². The summed E-state index contributed by atoms with van der Waals surface area (Å²) >= 11 is 0. The zero-order valence-corrected chi connectivity index (χ0v) is 9.64. The van der Waals surface area contributed by atoms with E-state index in [1.54, 1.807) is 0 Å². The van der Waals surface area contributed by atoms with Gasteiger partial charge in [-0.3, -0.25) is 4.55 Å². The van der Waals surface area contributed by atoms with Crippen molar-refractivity contribution < 1.29 is 22.1 Å². The van der Waals surface area contributed by atoms with Crippen LogP contribution in [0, 0.1) is 0 Å². The summed E-state index contributed by atoms with van der Waals surface area (Å²) in [7, 11) is -4.92. The highest BCUT2D eigenvalue weighted by Gasteiger charge is 1.97. The van der Waals surface area contributed by atoms with E-state index in [0.29, 0.717) is 0 Å². The second-order valence-electron chi connectivity index (χ2n) is 2.91. The number of hydrogen-bond donors (Lipinski definition) is 1. The highest BCUT2D eigenvalue weighted by molar-refractivity contribution is 7.79. The van der Waals surface area contributed by atoms with Gasteiger partial charge in [0.15, 0.2) is 0 Å². The summed E-state index contributed by atoms with van der Waals surface area (Å²) in [5.41, 5.74) is 0. The molecule has 88 valence electrons. The molecule has 0 bridgehead atoms. The molecule has 1 N–H and O–H groups in total. The SMILES string of the molecule is CCCn1cc[n+](CC)c1.O=S(=O)([O-])O. The van der Waals surface area contributed by atoms with E-state index in [9.17, 15) is 0 Å². The number of aryl methyl sites for hydroxylation is 2. The van der Waals surface area contributed by atoms with Crippen molar-refractivity contribution in [2.24, 2.45) is 0 Å². The molecule has 0 aromatic carbocycles. The van der Waals surface area contributed by atoms with Crippen LogP contribution in [0.1, 0.15) is 20.3 Å². The lowest BCUT2D eigenvalue weighted by molar-refractivity contribution is -0.693. The van der Waals surface area contributed by atoms with Crippen molar-refractivity contribution in [2.75, 3.05) is 0 Å². The third-order valence-electron chi connectivity index (χ3n) is 1.59. The van der Waals surface area contributed by atoms with Crippen molar-refractivity contribution in [3.8, 4) is 0 Å². The first-order valence-corrected chi connectivity index (χ1v) is 5.96. The minimum Gasteiger partial charge on any atom is -0.726 e. The van der Waals surface area contributed by atoms with E-state index >= 15 is 0 Å². The predicted molar refractivity (Wildman–Crippen MR) is 52.9 cm³/mol. The van der Waals surface area contributed by atoms with Crippen molar-refractivity contribution in [3.05, 3.63) is 18.7 Å². The van der Waals surface area contributed by atoms with E-state index in [1.807, 2.05) is 0 Å². The Morgan fingerprint density at radius 1 is 1.47 bits per heavy atom. The van der Waals surface area contributed by atoms with Gasteiger partial charge in [0.1, 0.15) is 12.4 Å². The summed E-state index contributed by atoms with van der Waals surface area (Å²) < 4.78 is 37.2. The first-order chi connectivity index (χ1) is 6.86. The highest BCUT2D eigenvalue weighted by Crippen LogP contribution is 1.86. The van der Waals surface area contributed by atoms with Crippen molar-refractivity contribution in [1.82, 2.24) is 4.57 Å². The van der Waals surface area contributed by atoms with Crippen LogP contribution in [0.3, 0.4) is 0 Å². The molecule has 6 nitrogen and oxygen atoms in total. The number of rotatable bonds is 3. The molecule has 0 atom stereocenters. The smallest absolute Gasteiger partial charge is 0.243 e. The lowest BCUT2D eigenvalue weighted by Crippen LogP contribution is -2.28. The maximum absolute atomic E-state index is 8.63. The average molecular weight is 236 g/mol. The molecule has 7 heteroatoms. The average Bonchev–Trinajstić information content (AvgIpc) is 2.50. The second kappa shape index (κ2) is 6.54. The summed E-state index contributed by atoms with van der Waals surface area (Å²) in [5, 5.41) is 0. The van der Waals surface area contributed by atoms with Gasteiger partial charge in [0.25, 0.3) is 0 Å². The highest BCUT2D eigenvalue weighted by atomic mass is 32.3. The molecule has 15 heavy (non-hydrogen) atoms. The van der Waals surface area contributed by atoms with Gasteiger partial charge in [0.2, 0.25) is 16.7 Å². The molecule has 0 aliphatic rings. The molecule has 1 aromatic heterocycles. The predicted octanol–water partition coefficient (Wildman–Crippen LogP) is 0.210. The van der Waals surface area contributed by atoms with Gasteiger partial charge in [-0.25, -0.2) is 17.6 Å². The van der Waals surface area contributed by atoms with E-state index in [4.69, 9.17) is 17.5 Å². The van der Waals surface area contributed by atoms with Crippen LogP contribution in [-0.4, -0.2) is 22.1 Å². The summed E-state index contributed by atoms with van der Waals surface area (Å²) in [4.78, 5) is 0. The minimum absolute atomic E-state index is 1.07. The Morgan fingerprint density at radius 2 is 2.00 bits per heavy atom. The van der Waals surface area contributed by atoms with E-state index in [1.165, 1.54) is 6.42 Å². The molecule has 1 aromatic rings. The van der Waals surface area contributed by atoms with Gasteiger partial charge in [-0.05, 0) is 13.3 Å². The molecule has 0 spiro atoms. The van der Waals surface area contributed by atoms with Crippen molar-refractivity contribution in [3.63, 3.8) is 0 Å². The maximum Gasteiger partial charge on any atom is 0.243 e. The molecule has 0 saturated heterocycles. The van der Waals surface area contributed by atoms with Crippen LogP contribution in [0.2, 0.25) is 0 Å². The molecule has 0 aliphatic heterocycles. The molecule has 0 radical (unpaired) electrons. The van der Waals surface area contributed by atoms with Crippen LogP contribution in [0.5, 0.6) is 0 Å². The number of nitrogens with zero attached hydrogens (tertiary/aromatic N) is 2. The third-order valence-corrected chi connectivity index (χ3v) is 1.59. The number of hydrogen-bond acceptors (Lipinski definition) is 3. The largest absolute Gasteiger partial charge is 0.726 e. The summed E-state index contributed by atoms with van der Waals surface area (Å²) in [6, 6.07) is 0. The van der Waals surface area contributed by atoms with Crippen molar-refractivity contribution in [1.29, 1.82) is 0 Å². The van der Waals surface area contributed by atoms with Gasteiger partial charge in [-0.15, -0.1) is 0 Å². The van der Waals surface area contributed by atoms with Crippen LogP contribution < -0.4 is 4.57 Å². The van der Waals surface area contributed by atoms with Crippen molar-refractivity contribution >= 4 is 10.4 Å². The Kier molecular flexibility index (Phi) is 6.14. The Hall–Kier alpha value is -0.920.